The van der Waals surface area contributed by atoms with Crippen LogP contribution >= 0.6 is 11.8 Å². The number of rotatable bonds is 6. The lowest BCUT2D eigenvalue weighted by atomic mass is 10.1. The van der Waals surface area contributed by atoms with Crippen molar-refractivity contribution in [3.63, 3.8) is 0 Å². The van der Waals surface area contributed by atoms with E-state index < -0.39 is 0 Å². The van der Waals surface area contributed by atoms with Gasteiger partial charge in [0.1, 0.15) is 0 Å². The number of urea groups is 1. The molecule has 0 atom stereocenters. The number of hydrogen-bond acceptors (Lipinski definition) is 4. The maximum atomic E-state index is 11.5. The minimum Gasteiger partial charge on any atom is -0.329 e. The van der Waals surface area contributed by atoms with Gasteiger partial charge in [-0.25, -0.2) is 9.78 Å². The van der Waals surface area contributed by atoms with E-state index in [1.54, 1.807) is 18.0 Å². The lowest BCUT2D eigenvalue weighted by Crippen LogP contribution is -2.32. The van der Waals surface area contributed by atoms with E-state index in [1.807, 2.05) is 6.20 Å². The second-order valence-electron chi connectivity index (χ2n) is 5.83. The fourth-order valence-electron chi connectivity index (χ4n) is 2.75. The van der Waals surface area contributed by atoms with Gasteiger partial charge in [0, 0.05) is 30.4 Å². The summed E-state index contributed by atoms with van der Waals surface area (Å²) >= 11 is 1.63. The van der Waals surface area contributed by atoms with Crippen molar-refractivity contribution in [1.82, 2.24) is 19.8 Å². The van der Waals surface area contributed by atoms with Gasteiger partial charge in [-0.3, -0.25) is 14.3 Å². The highest BCUT2D eigenvalue weighted by Gasteiger charge is 2.27. The van der Waals surface area contributed by atoms with Crippen LogP contribution in [-0.4, -0.2) is 45.2 Å². The second-order valence-corrected chi connectivity index (χ2v) is 6.89. The molecular formula is C17H20N4O2S. The normalized spacial score (nSPS) is 14.3. The molecule has 6 nitrogen and oxygen atoms in total. The number of hydrogen-bond donors (Lipinski definition) is 1. The molecule has 0 aliphatic carbocycles. The van der Waals surface area contributed by atoms with Crippen molar-refractivity contribution >= 4 is 23.7 Å². The molecule has 1 aliphatic rings. The van der Waals surface area contributed by atoms with E-state index in [1.165, 1.54) is 16.0 Å². The Hall–Kier alpha value is -2.28. The third-order valence-corrected chi connectivity index (χ3v) is 4.84. The van der Waals surface area contributed by atoms with Gasteiger partial charge in [0.25, 0.3) is 0 Å². The number of aryl methyl sites for hydroxylation is 2. The number of benzene rings is 1. The molecule has 1 aliphatic heterocycles. The van der Waals surface area contributed by atoms with Crippen LogP contribution in [0.25, 0.3) is 5.69 Å². The van der Waals surface area contributed by atoms with Gasteiger partial charge in [-0.2, -0.15) is 0 Å². The van der Waals surface area contributed by atoms with Crippen molar-refractivity contribution < 1.29 is 9.59 Å². The Balaban J connectivity index is 1.60. The van der Waals surface area contributed by atoms with Gasteiger partial charge >= 0.3 is 6.03 Å². The second kappa shape index (κ2) is 7.09. The zero-order valence-electron chi connectivity index (χ0n) is 13.8. The molecule has 0 saturated carbocycles. The summed E-state index contributed by atoms with van der Waals surface area (Å²) in [4.78, 5) is 28.7. The van der Waals surface area contributed by atoms with E-state index in [4.69, 9.17) is 0 Å². The molecule has 7 heteroatoms. The monoisotopic (exact) mass is 344 g/mol. The van der Waals surface area contributed by atoms with E-state index in [2.05, 4.69) is 46.9 Å². The molecule has 1 saturated heterocycles. The Morgan fingerprint density at radius 2 is 1.96 bits per heavy atom. The zero-order chi connectivity index (χ0) is 17.1. The number of carbonyl (C=O) groups is 2. The Morgan fingerprint density at radius 3 is 2.62 bits per heavy atom. The average Bonchev–Trinajstić information content (AvgIpc) is 3.11. The first-order valence-corrected chi connectivity index (χ1v) is 8.86. The van der Waals surface area contributed by atoms with Crippen LogP contribution in [0.2, 0.25) is 0 Å². The fraction of sp³-hybridized carbons (Fsp3) is 0.353. The Labute approximate surface area is 145 Å². The Bertz CT molecular complexity index is 735. The van der Waals surface area contributed by atoms with Gasteiger partial charge in [-0.1, -0.05) is 17.8 Å². The van der Waals surface area contributed by atoms with Crippen LogP contribution in [0.15, 0.2) is 35.7 Å². The number of nitrogens with one attached hydrogen (secondary N) is 1. The van der Waals surface area contributed by atoms with Gasteiger partial charge in [-0.05, 0) is 43.5 Å². The number of amides is 3. The number of imide groups is 1. The van der Waals surface area contributed by atoms with Gasteiger partial charge in [-0.15, -0.1) is 0 Å². The Morgan fingerprint density at radius 1 is 1.21 bits per heavy atom. The maximum absolute atomic E-state index is 11.5. The topological polar surface area (TPSA) is 67.2 Å². The summed E-state index contributed by atoms with van der Waals surface area (Å²) in [5.74, 6) is 0.639. The molecule has 1 aromatic heterocycles. The molecule has 2 heterocycles. The molecule has 0 bridgehead atoms. The van der Waals surface area contributed by atoms with Gasteiger partial charge in [0.05, 0.1) is 6.54 Å². The van der Waals surface area contributed by atoms with Crippen molar-refractivity contribution in [1.29, 1.82) is 0 Å². The number of imidazole rings is 1. The fourth-order valence-corrected chi connectivity index (χ4v) is 3.65. The first-order valence-electron chi connectivity index (χ1n) is 7.87. The van der Waals surface area contributed by atoms with Crippen LogP contribution in [0.3, 0.4) is 0 Å². The summed E-state index contributed by atoms with van der Waals surface area (Å²) in [7, 11) is 0. The highest BCUT2D eigenvalue weighted by Crippen LogP contribution is 2.22. The molecule has 2 aromatic rings. The van der Waals surface area contributed by atoms with Crippen molar-refractivity contribution in [2.24, 2.45) is 0 Å². The number of carbonyl (C=O) groups excluding carboxylic acids is 2. The molecule has 0 radical (unpaired) electrons. The number of thioether (sulfide) groups is 1. The molecule has 0 unspecified atom stereocenters. The van der Waals surface area contributed by atoms with E-state index in [0.717, 1.165) is 23.0 Å². The summed E-state index contributed by atoms with van der Waals surface area (Å²) in [6.07, 6.45) is 4.48. The summed E-state index contributed by atoms with van der Waals surface area (Å²) < 4.78 is 2.07. The van der Waals surface area contributed by atoms with Gasteiger partial charge in [0.2, 0.25) is 5.91 Å². The summed E-state index contributed by atoms with van der Waals surface area (Å²) in [5, 5.41) is 3.44. The van der Waals surface area contributed by atoms with Crippen LogP contribution in [0, 0.1) is 13.8 Å². The molecular weight excluding hydrogens is 324 g/mol. The minimum atomic E-state index is -0.290. The molecule has 3 amide bonds. The van der Waals surface area contributed by atoms with E-state index in [9.17, 15) is 9.59 Å². The van der Waals surface area contributed by atoms with Crippen molar-refractivity contribution in [3.05, 3.63) is 41.7 Å². The largest absolute Gasteiger partial charge is 0.329 e. The standard InChI is InChI=1S/C17H20N4O2S/c1-12-8-13(2)10-14(9-12)20-6-4-18-17(20)24-7-3-5-21-15(22)11-19-16(21)23/h4,6,8-10H,3,5,7,11H2,1-2H3,(H,19,23). The maximum Gasteiger partial charge on any atom is 0.324 e. The Kier molecular flexibility index (Phi) is 4.89. The van der Waals surface area contributed by atoms with E-state index in [0.29, 0.717) is 6.54 Å². The molecule has 3 rings (SSSR count). The molecule has 1 aromatic carbocycles. The smallest absolute Gasteiger partial charge is 0.324 e. The van der Waals surface area contributed by atoms with E-state index in [-0.39, 0.29) is 18.5 Å². The number of nitrogens with zero attached hydrogens (tertiary/aromatic N) is 3. The van der Waals surface area contributed by atoms with Gasteiger partial charge in [0.15, 0.2) is 5.16 Å². The molecule has 1 N–H and O–H groups in total. The third-order valence-electron chi connectivity index (χ3n) is 3.79. The quantitative estimate of drug-likeness (QED) is 0.497. The summed E-state index contributed by atoms with van der Waals surface area (Å²) in [6, 6.07) is 6.12. The predicted molar refractivity (Wildman–Crippen MR) is 93.5 cm³/mol. The lowest BCUT2D eigenvalue weighted by Gasteiger charge is -2.12. The molecule has 0 spiro atoms. The highest BCUT2D eigenvalue weighted by atomic mass is 32.2. The molecule has 126 valence electrons. The summed E-state index contributed by atoms with van der Waals surface area (Å²) in [5.41, 5.74) is 3.53. The zero-order valence-corrected chi connectivity index (χ0v) is 14.6. The van der Waals surface area contributed by atoms with Crippen molar-refractivity contribution in [3.8, 4) is 5.69 Å². The van der Waals surface area contributed by atoms with Crippen LogP contribution < -0.4 is 5.32 Å². The predicted octanol–water partition coefficient (Wildman–Crippen LogP) is 2.52. The van der Waals surface area contributed by atoms with Crippen LogP contribution in [0.1, 0.15) is 17.5 Å². The van der Waals surface area contributed by atoms with Crippen LogP contribution in [0.5, 0.6) is 0 Å². The molecule has 1 fully saturated rings. The SMILES string of the molecule is Cc1cc(C)cc(-n2ccnc2SCCCN2C(=O)CNC2=O)c1. The minimum absolute atomic E-state index is 0.114. The summed E-state index contributed by atoms with van der Waals surface area (Å²) in [6.45, 7) is 4.72. The third kappa shape index (κ3) is 3.62. The van der Waals surface area contributed by atoms with Crippen LogP contribution in [-0.2, 0) is 4.79 Å². The highest BCUT2D eigenvalue weighted by molar-refractivity contribution is 7.99. The first-order chi connectivity index (χ1) is 11.5. The lowest BCUT2D eigenvalue weighted by molar-refractivity contribution is -0.124. The van der Waals surface area contributed by atoms with Crippen molar-refractivity contribution in [2.75, 3.05) is 18.8 Å². The first kappa shape index (κ1) is 16.6. The number of aromatic nitrogens is 2. The van der Waals surface area contributed by atoms with Crippen molar-refractivity contribution in [2.45, 2.75) is 25.4 Å². The van der Waals surface area contributed by atoms with Crippen LogP contribution in [0.4, 0.5) is 4.79 Å². The van der Waals surface area contributed by atoms with Gasteiger partial charge < -0.3 is 5.32 Å². The average molecular weight is 344 g/mol. The molecule has 24 heavy (non-hydrogen) atoms. The van der Waals surface area contributed by atoms with E-state index >= 15 is 0 Å².